The van der Waals surface area contributed by atoms with Crippen LogP contribution >= 0.6 is 0 Å². The van der Waals surface area contributed by atoms with E-state index in [9.17, 15) is 9.59 Å². The molecule has 0 aliphatic heterocycles. The van der Waals surface area contributed by atoms with Gasteiger partial charge >= 0.3 is 0 Å². The molecule has 2 amide bonds. The van der Waals surface area contributed by atoms with E-state index in [0.29, 0.717) is 26.2 Å². The van der Waals surface area contributed by atoms with Crippen LogP contribution in [0.3, 0.4) is 0 Å². The summed E-state index contributed by atoms with van der Waals surface area (Å²) in [5, 5.41) is 0. The van der Waals surface area contributed by atoms with Gasteiger partial charge in [-0.15, -0.1) is 0 Å². The average molecular weight is 373 g/mol. The van der Waals surface area contributed by atoms with Gasteiger partial charge in [-0.25, -0.2) is 0 Å². The SMILES string of the molecule is COCCN(CC(=O)N(Cc1ccco1)Cc1cccn1C)C(=O)C1CC1. The van der Waals surface area contributed by atoms with Gasteiger partial charge in [0, 0.05) is 38.5 Å². The van der Waals surface area contributed by atoms with Crippen LogP contribution in [0.25, 0.3) is 0 Å². The fraction of sp³-hybridized carbons (Fsp3) is 0.500. The third-order valence-corrected chi connectivity index (χ3v) is 4.81. The molecule has 0 atom stereocenters. The molecule has 7 nitrogen and oxygen atoms in total. The van der Waals surface area contributed by atoms with Crippen molar-refractivity contribution in [3.8, 4) is 0 Å². The number of furan rings is 1. The van der Waals surface area contributed by atoms with Crippen molar-refractivity contribution in [3.05, 3.63) is 48.2 Å². The first-order chi connectivity index (χ1) is 13.1. The van der Waals surface area contributed by atoms with Crippen molar-refractivity contribution in [1.29, 1.82) is 0 Å². The maximum atomic E-state index is 13.1. The molecular weight excluding hydrogens is 346 g/mol. The van der Waals surface area contributed by atoms with E-state index >= 15 is 0 Å². The van der Waals surface area contributed by atoms with Gasteiger partial charge in [0.1, 0.15) is 5.76 Å². The fourth-order valence-corrected chi connectivity index (χ4v) is 3.00. The number of hydrogen-bond donors (Lipinski definition) is 0. The first-order valence-electron chi connectivity index (χ1n) is 9.26. The molecule has 3 rings (SSSR count). The van der Waals surface area contributed by atoms with Gasteiger partial charge in [-0.2, -0.15) is 0 Å². The Bertz CT molecular complexity index is 749. The normalized spacial score (nSPS) is 13.6. The Balaban J connectivity index is 1.71. The minimum absolute atomic E-state index is 0.0530. The predicted octanol–water partition coefficient (Wildman–Crippen LogP) is 2.03. The molecule has 0 bridgehead atoms. The highest BCUT2D eigenvalue weighted by Crippen LogP contribution is 2.31. The number of carbonyl (C=O) groups excluding carboxylic acids is 2. The number of aromatic nitrogens is 1. The van der Waals surface area contributed by atoms with E-state index in [0.717, 1.165) is 24.3 Å². The zero-order valence-electron chi connectivity index (χ0n) is 16.0. The molecule has 0 radical (unpaired) electrons. The molecule has 1 fully saturated rings. The van der Waals surface area contributed by atoms with Crippen LogP contribution < -0.4 is 0 Å². The fourth-order valence-electron chi connectivity index (χ4n) is 3.00. The summed E-state index contributed by atoms with van der Waals surface area (Å²) in [4.78, 5) is 29.0. The molecule has 0 N–H and O–H groups in total. The lowest BCUT2D eigenvalue weighted by atomic mass is 10.3. The van der Waals surface area contributed by atoms with Crippen LogP contribution in [0, 0.1) is 5.92 Å². The molecule has 0 unspecified atom stereocenters. The van der Waals surface area contributed by atoms with Crippen LogP contribution in [0.15, 0.2) is 41.1 Å². The van der Waals surface area contributed by atoms with E-state index < -0.39 is 0 Å². The number of aryl methyl sites for hydroxylation is 1. The van der Waals surface area contributed by atoms with Crippen LogP contribution in [-0.2, 0) is 34.5 Å². The molecule has 0 saturated heterocycles. The summed E-state index contributed by atoms with van der Waals surface area (Å²) in [6, 6.07) is 7.60. The van der Waals surface area contributed by atoms with Crippen LogP contribution in [-0.4, -0.2) is 53.0 Å². The van der Waals surface area contributed by atoms with Crippen molar-refractivity contribution in [3.63, 3.8) is 0 Å². The van der Waals surface area contributed by atoms with Crippen LogP contribution in [0.4, 0.5) is 0 Å². The van der Waals surface area contributed by atoms with Gasteiger partial charge in [0.05, 0.1) is 32.5 Å². The molecule has 7 heteroatoms. The predicted molar refractivity (Wildman–Crippen MR) is 99.6 cm³/mol. The van der Waals surface area contributed by atoms with Gasteiger partial charge in [0.15, 0.2) is 0 Å². The van der Waals surface area contributed by atoms with Gasteiger partial charge in [0.25, 0.3) is 0 Å². The molecule has 1 aliphatic carbocycles. The molecule has 0 spiro atoms. The van der Waals surface area contributed by atoms with E-state index in [2.05, 4.69) is 0 Å². The first kappa shape index (κ1) is 19.2. The lowest BCUT2D eigenvalue weighted by Gasteiger charge is -2.27. The average Bonchev–Trinajstić information content (AvgIpc) is 3.24. The van der Waals surface area contributed by atoms with Gasteiger partial charge in [-0.3, -0.25) is 9.59 Å². The third-order valence-electron chi connectivity index (χ3n) is 4.81. The van der Waals surface area contributed by atoms with Crippen LogP contribution in [0.5, 0.6) is 0 Å². The molecule has 2 heterocycles. The second kappa shape index (κ2) is 8.90. The van der Waals surface area contributed by atoms with Gasteiger partial charge in [-0.05, 0) is 37.1 Å². The van der Waals surface area contributed by atoms with Crippen molar-refractivity contribution in [2.24, 2.45) is 13.0 Å². The maximum Gasteiger partial charge on any atom is 0.242 e. The summed E-state index contributed by atoms with van der Waals surface area (Å²) >= 11 is 0. The summed E-state index contributed by atoms with van der Waals surface area (Å²) in [5.41, 5.74) is 1.02. The molecular formula is C20H27N3O4. The standard InChI is InChI=1S/C20H27N3O4/c1-21-9-3-5-17(21)13-23(14-18-6-4-11-27-18)19(24)15-22(10-12-26-2)20(25)16-7-8-16/h3-6,9,11,16H,7-8,10,12-15H2,1-2H3. The zero-order chi connectivity index (χ0) is 19.2. The Kier molecular flexibility index (Phi) is 6.34. The van der Waals surface area contributed by atoms with Crippen molar-refractivity contribution in [2.45, 2.75) is 25.9 Å². The lowest BCUT2D eigenvalue weighted by Crippen LogP contribution is -2.44. The number of hydrogen-bond acceptors (Lipinski definition) is 4. The van der Waals surface area contributed by atoms with Crippen molar-refractivity contribution in [2.75, 3.05) is 26.8 Å². The highest BCUT2D eigenvalue weighted by atomic mass is 16.5. The van der Waals surface area contributed by atoms with Gasteiger partial charge in [0.2, 0.25) is 11.8 Å². The molecule has 27 heavy (non-hydrogen) atoms. The number of rotatable bonds is 10. The summed E-state index contributed by atoms with van der Waals surface area (Å²) < 4.78 is 12.5. The topological polar surface area (TPSA) is 67.9 Å². The highest BCUT2D eigenvalue weighted by molar-refractivity contribution is 5.87. The van der Waals surface area contributed by atoms with E-state index in [1.165, 1.54) is 0 Å². The smallest absolute Gasteiger partial charge is 0.242 e. The zero-order valence-corrected chi connectivity index (χ0v) is 16.0. The van der Waals surface area contributed by atoms with Crippen LogP contribution in [0.1, 0.15) is 24.3 Å². The van der Waals surface area contributed by atoms with Crippen molar-refractivity contribution >= 4 is 11.8 Å². The molecule has 146 valence electrons. The van der Waals surface area contributed by atoms with Gasteiger partial charge in [-0.1, -0.05) is 0 Å². The Morgan fingerprint density at radius 3 is 2.63 bits per heavy atom. The highest BCUT2D eigenvalue weighted by Gasteiger charge is 2.34. The van der Waals surface area contributed by atoms with E-state index in [1.807, 2.05) is 42.1 Å². The van der Waals surface area contributed by atoms with Gasteiger partial charge < -0.3 is 23.5 Å². The Morgan fingerprint density at radius 2 is 2.04 bits per heavy atom. The quantitative estimate of drug-likeness (QED) is 0.639. The van der Waals surface area contributed by atoms with E-state index in [-0.39, 0.29) is 24.3 Å². The third kappa shape index (κ3) is 5.23. The minimum Gasteiger partial charge on any atom is -0.467 e. The summed E-state index contributed by atoms with van der Waals surface area (Å²) in [7, 11) is 3.55. The Morgan fingerprint density at radius 1 is 1.22 bits per heavy atom. The Labute approximate surface area is 159 Å². The molecule has 0 aromatic carbocycles. The number of ether oxygens (including phenoxy) is 1. The Hall–Kier alpha value is -2.54. The molecule has 1 aliphatic rings. The number of amides is 2. The lowest BCUT2D eigenvalue weighted by molar-refractivity contribution is -0.142. The second-order valence-electron chi connectivity index (χ2n) is 6.97. The number of carbonyl (C=O) groups is 2. The number of nitrogens with zero attached hydrogens (tertiary/aromatic N) is 3. The number of methoxy groups -OCH3 is 1. The minimum atomic E-state index is -0.0993. The van der Waals surface area contributed by atoms with E-state index in [1.54, 1.807) is 23.2 Å². The van der Waals surface area contributed by atoms with E-state index in [4.69, 9.17) is 9.15 Å². The molecule has 2 aromatic heterocycles. The van der Waals surface area contributed by atoms with Crippen LogP contribution in [0.2, 0.25) is 0 Å². The summed E-state index contributed by atoms with van der Waals surface area (Å²) in [5.74, 6) is 0.741. The summed E-state index contributed by atoms with van der Waals surface area (Å²) in [6.45, 7) is 1.73. The second-order valence-corrected chi connectivity index (χ2v) is 6.97. The summed E-state index contributed by atoms with van der Waals surface area (Å²) in [6.07, 6.45) is 5.38. The van der Waals surface area contributed by atoms with Crippen molar-refractivity contribution in [1.82, 2.24) is 14.4 Å². The van der Waals surface area contributed by atoms with Crippen molar-refractivity contribution < 1.29 is 18.7 Å². The largest absolute Gasteiger partial charge is 0.467 e. The molecule has 1 saturated carbocycles. The molecule has 2 aromatic rings. The monoisotopic (exact) mass is 373 g/mol. The first-order valence-corrected chi connectivity index (χ1v) is 9.26. The maximum absolute atomic E-state index is 13.1.